The number of hydrogen-bond donors (Lipinski definition) is 1. The van der Waals surface area contributed by atoms with Crippen molar-refractivity contribution in [2.45, 2.75) is 68.2 Å². The van der Waals surface area contributed by atoms with Crippen molar-refractivity contribution < 1.29 is 18.7 Å². The van der Waals surface area contributed by atoms with E-state index in [2.05, 4.69) is 5.32 Å². The molecule has 2 saturated heterocycles. The van der Waals surface area contributed by atoms with Crippen LogP contribution in [0.2, 0.25) is 0 Å². The molecule has 2 aliphatic heterocycles. The molecule has 34 heavy (non-hydrogen) atoms. The maximum absolute atomic E-state index is 14.3. The van der Waals surface area contributed by atoms with Crippen molar-refractivity contribution >= 4 is 11.8 Å². The van der Waals surface area contributed by atoms with Gasteiger partial charge in [0.05, 0.1) is 18.1 Å². The summed E-state index contributed by atoms with van der Waals surface area (Å²) in [7, 11) is 1.64. The van der Waals surface area contributed by atoms with Gasteiger partial charge in [0.25, 0.3) is 0 Å². The molecule has 2 aromatic carbocycles. The van der Waals surface area contributed by atoms with Crippen molar-refractivity contribution in [2.75, 3.05) is 20.2 Å². The molecule has 6 heteroatoms. The Bertz CT molecular complexity index is 1060. The van der Waals surface area contributed by atoms with Crippen LogP contribution in [0.3, 0.4) is 0 Å². The fraction of sp³-hybridized carbons (Fsp3) is 0.500. The number of carbonyl (C=O) groups excluding carboxylic acids is 2. The minimum absolute atomic E-state index is 0.0180. The van der Waals surface area contributed by atoms with E-state index in [1.54, 1.807) is 19.2 Å². The molecule has 0 unspecified atom stereocenters. The molecule has 5 rings (SSSR count). The number of piperidine rings is 1. The normalized spacial score (nSPS) is 26.4. The first-order valence-corrected chi connectivity index (χ1v) is 12.5. The van der Waals surface area contributed by atoms with Gasteiger partial charge in [-0.25, -0.2) is 4.39 Å². The molecular weight excluding hydrogens is 431 g/mol. The van der Waals surface area contributed by atoms with Crippen molar-refractivity contribution in [1.82, 2.24) is 10.2 Å². The van der Waals surface area contributed by atoms with Crippen LogP contribution in [0.1, 0.15) is 68.4 Å². The van der Waals surface area contributed by atoms with E-state index in [1.807, 2.05) is 35.2 Å². The van der Waals surface area contributed by atoms with Gasteiger partial charge in [0.1, 0.15) is 11.6 Å². The Morgan fingerprint density at radius 1 is 1.06 bits per heavy atom. The second kappa shape index (κ2) is 9.05. The third kappa shape index (κ3) is 3.97. The first-order chi connectivity index (χ1) is 16.5. The number of ether oxygens (including phenoxy) is 1. The summed E-state index contributed by atoms with van der Waals surface area (Å²) in [4.78, 5) is 28.8. The first-order valence-electron chi connectivity index (χ1n) is 12.5. The molecule has 1 saturated carbocycles. The third-order valence-electron chi connectivity index (χ3n) is 8.26. The van der Waals surface area contributed by atoms with Crippen LogP contribution in [-0.2, 0) is 15.0 Å². The maximum atomic E-state index is 14.3. The molecule has 180 valence electrons. The molecule has 1 spiro atoms. The van der Waals surface area contributed by atoms with Crippen molar-refractivity contribution in [3.63, 3.8) is 0 Å². The summed E-state index contributed by atoms with van der Waals surface area (Å²) in [6, 6.07) is 14.6. The molecule has 2 atom stereocenters. The van der Waals surface area contributed by atoms with E-state index >= 15 is 0 Å². The average Bonchev–Trinajstić information content (AvgIpc) is 3.22. The number of methoxy groups -OCH3 is 1. The lowest BCUT2D eigenvalue weighted by atomic mass is 9.68. The summed E-state index contributed by atoms with van der Waals surface area (Å²) in [5, 5.41) is 3.24. The number of rotatable bonds is 4. The van der Waals surface area contributed by atoms with E-state index < -0.39 is 11.0 Å². The minimum atomic E-state index is -0.568. The van der Waals surface area contributed by atoms with Gasteiger partial charge in [0.2, 0.25) is 11.8 Å². The molecule has 3 aliphatic rings. The lowest BCUT2D eigenvalue weighted by Gasteiger charge is -2.41. The second-order valence-electron chi connectivity index (χ2n) is 10.2. The summed E-state index contributed by atoms with van der Waals surface area (Å²) in [6.45, 7) is 0.955. The van der Waals surface area contributed by atoms with Crippen LogP contribution >= 0.6 is 0 Å². The Balaban J connectivity index is 1.51. The Hall–Kier alpha value is -2.89. The molecular formula is C28H33FN2O3. The van der Waals surface area contributed by atoms with Crippen LogP contribution in [0, 0.1) is 5.82 Å². The quantitative estimate of drug-likeness (QED) is 0.714. The summed E-state index contributed by atoms with van der Waals surface area (Å²) in [6.07, 6.45) is 6.87. The first kappa shape index (κ1) is 22.9. The van der Waals surface area contributed by atoms with E-state index in [9.17, 15) is 14.0 Å². The Morgan fingerprint density at radius 2 is 1.82 bits per heavy atom. The Labute approximate surface area is 200 Å². The van der Waals surface area contributed by atoms with Gasteiger partial charge >= 0.3 is 0 Å². The maximum Gasteiger partial charge on any atom is 0.233 e. The molecule has 2 amide bonds. The fourth-order valence-corrected chi connectivity index (χ4v) is 6.55. The van der Waals surface area contributed by atoms with E-state index in [0.29, 0.717) is 19.5 Å². The van der Waals surface area contributed by atoms with Crippen LogP contribution in [0.15, 0.2) is 48.5 Å². The molecule has 5 nitrogen and oxygen atoms in total. The zero-order valence-corrected chi connectivity index (χ0v) is 19.8. The molecule has 0 radical (unpaired) electrons. The highest BCUT2D eigenvalue weighted by Crippen LogP contribution is 2.46. The Morgan fingerprint density at radius 3 is 2.50 bits per heavy atom. The second-order valence-corrected chi connectivity index (χ2v) is 10.2. The number of carbonyl (C=O) groups is 2. The van der Waals surface area contributed by atoms with Crippen LogP contribution in [0.5, 0.6) is 5.75 Å². The summed E-state index contributed by atoms with van der Waals surface area (Å²) < 4.78 is 19.5. The average molecular weight is 465 g/mol. The summed E-state index contributed by atoms with van der Waals surface area (Å²) in [5.74, 6) is 0.507. The number of nitrogens with zero attached hydrogens (tertiary/aromatic N) is 1. The molecule has 3 fully saturated rings. The predicted octanol–water partition coefficient (Wildman–Crippen LogP) is 4.70. The van der Waals surface area contributed by atoms with Gasteiger partial charge in [-0.1, -0.05) is 43.5 Å². The van der Waals surface area contributed by atoms with Gasteiger partial charge in [-0.15, -0.1) is 0 Å². The van der Waals surface area contributed by atoms with E-state index in [0.717, 1.165) is 61.8 Å². The lowest BCUT2D eigenvalue weighted by Crippen LogP contribution is -2.57. The number of halogens is 1. The molecule has 1 N–H and O–H groups in total. The summed E-state index contributed by atoms with van der Waals surface area (Å²) in [5.41, 5.74) is 0.768. The predicted molar refractivity (Wildman–Crippen MR) is 128 cm³/mol. The van der Waals surface area contributed by atoms with Gasteiger partial charge < -0.3 is 15.0 Å². The fourth-order valence-electron chi connectivity index (χ4n) is 6.55. The van der Waals surface area contributed by atoms with Gasteiger partial charge in [-0.05, 0) is 61.1 Å². The lowest BCUT2D eigenvalue weighted by molar-refractivity contribution is -0.138. The highest BCUT2D eigenvalue weighted by atomic mass is 19.1. The number of likely N-dealkylation sites (tertiary alicyclic amines) is 1. The number of amides is 2. The van der Waals surface area contributed by atoms with Crippen LogP contribution < -0.4 is 10.1 Å². The topological polar surface area (TPSA) is 58.6 Å². The zero-order chi connectivity index (χ0) is 23.8. The monoisotopic (exact) mass is 464 g/mol. The zero-order valence-electron chi connectivity index (χ0n) is 19.8. The highest BCUT2D eigenvalue weighted by Gasteiger charge is 2.54. The van der Waals surface area contributed by atoms with Crippen molar-refractivity contribution in [2.24, 2.45) is 0 Å². The van der Waals surface area contributed by atoms with Crippen LogP contribution in [0.4, 0.5) is 4.39 Å². The molecule has 2 aromatic rings. The number of nitrogens with one attached hydrogen (secondary N) is 1. The molecule has 2 heterocycles. The van der Waals surface area contributed by atoms with Crippen LogP contribution in [-0.4, -0.2) is 42.5 Å². The van der Waals surface area contributed by atoms with Gasteiger partial charge in [-0.3, -0.25) is 9.59 Å². The van der Waals surface area contributed by atoms with Crippen molar-refractivity contribution in [3.05, 3.63) is 65.5 Å². The third-order valence-corrected chi connectivity index (χ3v) is 8.26. The van der Waals surface area contributed by atoms with E-state index in [1.165, 1.54) is 6.07 Å². The summed E-state index contributed by atoms with van der Waals surface area (Å²) >= 11 is 0. The standard InChI is InChI=1S/C28H33FN2O3/c1-34-23-12-10-21(11-13-23)27(14-3-2-4-15-27)26(33)31-18-24(20-7-5-8-22(29)17-20)28(19-31)16-6-9-25(32)30-28/h5,7-8,10-13,17,24H,2-4,6,9,14-16,18-19H2,1H3,(H,30,32)/t24-,28+/m0/s1. The van der Waals surface area contributed by atoms with Gasteiger partial charge in [0, 0.05) is 25.4 Å². The van der Waals surface area contributed by atoms with Crippen molar-refractivity contribution in [3.8, 4) is 5.75 Å². The largest absolute Gasteiger partial charge is 0.497 e. The SMILES string of the molecule is COc1ccc(C2(C(=O)N3C[C@@H](c4cccc(F)c4)[C@@]4(CCCC(=O)N4)C3)CCCCC2)cc1. The Kier molecular flexibility index (Phi) is 6.09. The number of hydrogen-bond acceptors (Lipinski definition) is 3. The van der Waals surface area contributed by atoms with Crippen LogP contribution in [0.25, 0.3) is 0 Å². The highest BCUT2D eigenvalue weighted by molar-refractivity contribution is 5.89. The molecule has 1 aliphatic carbocycles. The smallest absolute Gasteiger partial charge is 0.233 e. The number of benzene rings is 2. The molecule has 0 bridgehead atoms. The van der Waals surface area contributed by atoms with Gasteiger partial charge in [-0.2, -0.15) is 0 Å². The van der Waals surface area contributed by atoms with Gasteiger partial charge in [0.15, 0.2) is 0 Å². The minimum Gasteiger partial charge on any atom is -0.497 e. The molecule has 0 aromatic heterocycles. The van der Waals surface area contributed by atoms with Crippen molar-refractivity contribution in [1.29, 1.82) is 0 Å². The van der Waals surface area contributed by atoms with E-state index in [-0.39, 0.29) is 23.5 Å². The van der Waals surface area contributed by atoms with E-state index in [4.69, 9.17) is 4.74 Å².